The van der Waals surface area contributed by atoms with Gasteiger partial charge >= 0.3 is 0 Å². The van der Waals surface area contributed by atoms with Crippen molar-refractivity contribution in [3.05, 3.63) is 53.4 Å². The molecular weight excluding hydrogens is 292 g/mol. The molecule has 1 saturated heterocycles. The fourth-order valence-corrected chi connectivity index (χ4v) is 2.81. The summed E-state index contributed by atoms with van der Waals surface area (Å²) in [6, 6.07) is 10.0. The second-order valence-corrected chi connectivity index (χ2v) is 6.01. The molecule has 5 heteroatoms. The molecule has 1 aromatic heterocycles. The molecule has 1 unspecified atom stereocenters. The average molecular weight is 314 g/mol. The van der Waals surface area contributed by atoms with E-state index < -0.39 is 0 Å². The number of hydrogen-bond acceptors (Lipinski definition) is 4. The SMILES string of the molecule is Cc1ccc(CCN(CC2CCCO2)C(=O)c2ccon2)cc1. The molecule has 1 aliphatic rings. The molecule has 3 rings (SSSR count). The number of aryl methyl sites for hydroxylation is 1. The molecule has 0 N–H and O–H groups in total. The number of carbonyl (C=O) groups excluding carboxylic acids is 1. The van der Waals surface area contributed by atoms with Gasteiger partial charge in [0.05, 0.1) is 6.10 Å². The highest BCUT2D eigenvalue weighted by atomic mass is 16.5. The van der Waals surface area contributed by atoms with Crippen molar-refractivity contribution < 1.29 is 14.1 Å². The van der Waals surface area contributed by atoms with Gasteiger partial charge in [-0.3, -0.25) is 4.79 Å². The van der Waals surface area contributed by atoms with E-state index in [1.165, 1.54) is 17.4 Å². The van der Waals surface area contributed by atoms with Crippen LogP contribution < -0.4 is 0 Å². The number of benzene rings is 1. The van der Waals surface area contributed by atoms with Crippen LogP contribution in [0.2, 0.25) is 0 Å². The lowest BCUT2D eigenvalue weighted by Crippen LogP contribution is -2.39. The van der Waals surface area contributed by atoms with Crippen molar-refractivity contribution in [3.63, 3.8) is 0 Å². The fourth-order valence-electron chi connectivity index (χ4n) is 2.81. The Balaban J connectivity index is 1.66. The van der Waals surface area contributed by atoms with Crippen molar-refractivity contribution in [2.24, 2.45) is 0 Å². The minimum Gasteiger partial charge on any atom is -0.376 e. The van der Waals surface area contributed by atoms with Gasteiger partial charge in [0, 0.05) is 25.8 Å². The third-order valence-corrected chi connectivity index (χ3v) is 4.18. The number of ether oxygens (including phenoxy) is 1. The number of aromatic nitrogens is 1. The van der Waals surface area contributed by atoms with Crippen LogP contribution in [0.1, 0.15) is 34.5 Å². The molecule has 23 heavy (non-hydrogen) atoms. The van der Waals surface area contributed by atoms with Crippen LogP contribution in [0.5, 0.6) is 0 Å². The number of amides is 1. The molecule has 2 aromatic rings. The van der Waals surface area contributed by atoms with Crippen molar-refractivity contribution in [3.8, 4) is 0 Å². The first-order valence-corrected chi connectivity index (χ1v) is 8.09. The third-order valence-electron chi connectivity index (χ3n) is 4.18. The summed E-state index contributed by atoms with van der Waals surface area (Å²) in [7, 11) is 0. The Bertz CT molecular complexity index is 616. The first-order valence-electron chi connectivity index (χ1n) is 8.09. The van der Waals surface area contributed by atoms with Crippen molar-refractivity contribution in [1.29, 1.82) is 0 Å². The van der Waals surface area contributed by atoms with Crippen LogP contribution in [0.3, 0.4) is 0 Å². The highest BCUT2D eigenvalue weighted by Crippen LogP contribution is 2.15. The van der Waals surface area contributed by atoms with Gasteiger partial charge in [0.25, 0.3) is 5.91 Å². The van der Waals surface area contributed by atoms with E-state index in [2.05, 4.69) is 36.3 Å². The van der Waals surface area contributed by atoms with Crippen molar-refractivity contribution in [2.75, 3.05) is 19.7 Å². The van der Waals surface area contributed by atoms with Crippen molar-refractivity contribution in [2.45, 2.75) is 32.3 Å². The van der Waals surface area contributed by atoms with Gasteiger partial charge in [-0.25, -0.2) is 0 Å². The van der Waals surface area contributed by atoms with E-state index in [-0.39, 0.29) is 12.0 Å². The average Bonchev–Trinajstić information content (AvgIpc) is 3.26. The number of rotatable bonds is 6. The Kier molecular flexibility index (Phi) is 5.08. The van der Waals surface area contributed by atoms with E-state index in [1.807, 2.05) is 4.90 Å². The maximum absolute atomic E-state index is 12.6. The molecule has 1 amide bonds. The summed E-state index contributed by atoms with van der Waals surface area (Å²) in [4.78, 5) is 14.4. The third kappa shape index (κ3) is 4.20. The maximum Gasteiger partial charge on any atom is 0.276 e. The molecule has 0 aliphatic carbocycles. The molecule has 2 heterocycles. The number of hydrogen-bond donors (Lipinski definition) is 0. The van der Waals surface area contributed by atoms with E-state index in [0.717, 1.165) is 25.9 Å². The first-order chi connectivity index (χ1) is 11.2. The van der Waals surface area contributed by atoms with E-state index in [4.69, 9.17) is 9.26 Å². The molecule has 0 bridgehead atoms. The van der Waals surface area contributed by atoms with Gasteiger partial charge in [0.2, 0.25) is 0 Å². The van der Waals surface area contributed by atoms with Gasteiger partial charge in [-0.2, -0.15) is 0 Å². The van der Waals surface area contributed by atoms with Crippen LogP contribution in [0, 0.1) is 6.92 Å². The van der Waals surface area contributed by atoms with E-state index in [1.54, 1.807) is 6.07 Å². The topological polar surface area (TPSA) is 55.6 Å². The summed E-state index contributed by atoms with van der Waals surface area (Å²) < 4.78 is 10.5. The van der Waals surface area contributed by atoms with Crippen molar-refractivity contribution in [1.82, 2.24) is 10.1 Å². The zero-order valence-corrected chi connectivity index (χ0v) is 13.4. The second kappa shape index (κ2) is 7.42. The zero-order valence-electron chi connectivity index (χ0n) is 13.4. The zero-order chi connectivity index (χ0) is 16.1. The Labute approximate surface area is 136 Å². The summed E-state index contributed by atoms with van der Waals surface area (Å²) in [5, 5.41) is 3.77. The normalized spacial score (nSPS) is 17.3. The Morgan fingerprint density at radius 2 is 2.13 bits per heavy atom. The van der Waals surface area contributed by atoms with Gasteiger partial charge < -0.3 is 14.2 Å². The second-order valence-electron chi connectivity index (χ2n) is 6.01. The van der Waals surface area contributed by atoms with Crippen molar-refractivity contribution >= 4 is 5.91 Å². The first kappa shape index (κ1) is 15.7. The number of carbonyl (C=O) groups is 1. The largest absolute Gasteiger partial charge is 0.376 e. The molecule has 0 spiro atoms. The summed E-state index contributed by atoms with van der Waals surface area (Å²) in [5.41, 5.74) is 2.82. The Hall–Kier alpha value is -2.14. The summed E-state index contributed by atoms with van der Waals surface area (Å²) in [6.07, 6.45) is 4.44. The fraction of sp³-hybridized carbons (Fsp3) is 0.444. The molecule has 1 atom stereocenters. The van der Waals surface area contributed by atoms with Gasteiger partial charge in [0.15, 0.2) is 5.69 Å². The highest BCUT2D eigenvalue weighted by molar-refractivity contribution is 5.92. The molecular formula is C18H22N2O3. The molecule has 1 aromatic carbocycles. The summed E-state index contributed by atoms with van der Waals surface area (Å²) in [5.74, 6) is -0.0960. The standard InChI is InChI=1S/C18H22N2O3/c1-14-4-6-15(7-5-14)8-10-20(13-16-3-2-11-22-16)18(21)17-9-12-23-19-17/h4-7,9,12,16H,2-3,8,10-11,13H2,1H3. The lowest BCUT2D eigenvalue weighted by molar-refractivity contribution is 0.0521. The quantitative estimate of drug-likeness (QED) is 0.823. The van der Waals surface area contributed by atoms with E-state index in [9.17, 15) is 4.79 Å². The van der Waals surface area contributed by atoms with Crippen LogP contribution in [0.15, 0.2) is 41.1 Å². The molecule has 0 saturated carbocycles. The molecule has 0 radical (unpaired) electrons. The lowest BCUT2D eigenvalue weighted by atomic mass is 10.1. The van der Waals surface area contributed by atoms with Crippen LogP contribution in [-0.2, 0) is 11.2 Å². The minimum absolute atomic E-state index is 0.0960. The van der Waals surface area contributed by atoms with E-state index in [0.29, 0.717) is 18.8 Å². The Morgan fingerprint density at radius 1 is 1.30 bits per heavy atom. The van der Waals surface area contributed by atoms with Gasteiger partial charge in [-0.05, 0) is 31.7 Å². The molecule has 1 aliphatic heterocycles. The molecule has 1 fully saturated rings. The summed E-state index contributed by atoms with van der Waals surface area (Å²) >= 11 is 0. The lowest BCUT2D eigenvalue weighted by Gasteiger charge is -2.24. The highest BCUT2D eigenvalue weighted by Gasteiger charge is 2.24. The molecule has 122 valence electrons. The van der Waals surface area contributed by atoms with Crippen LogP contribution in [-0.4, -0.2) is 41.8 Å². The van der Waals surface area contributed by atoms with Gasteiger partial charge in [0.1, 0.15) is 6.26 Å². The monoisotopic (exact) mass is 314 g/mol. The van der Waals surface area contributed by atoms with Gasteiger partial charge in [-0.15, -0.1) is 0 Å². The predicted molar refractivity (Wildman–Crippen MR) is 86.3 cm³/mol. The summed E-state index contributed by atoms with van der Waals surface area (Å²) in [6.45, 7) is 4.11. The van der Waals surface area contributed by atoms with Crippen LogP contribution >= 0.6 is 0 Å². The number of nitrogens with zero attached hydrogens (tertiary/aromatic N) is 2. The molecule has 5 nitrogen and oxygen atoms in total. The maximum atomic E-state index is 12.6. The smallest absolute Gasteiger partial charge is 0.276 e. The predicted octanol–water partition coefficient (Wildman–Crippen LogP) is 2.85. The Morgan fingerprint density at radius 3 is 2.78 bits per heavy atom. The van der Waals surface area contributed by atoms with Gasteiger partial charge in [-0.1, -0.05) is 35.0 Å². The minimum atomic E-state index is -0.0960. The van der Waals surface area contributed by atoms with Crippen LogP contribution in [0.4, 0.5) is 0 Å². The van der Waals surface area contributed by atoms with E-state index >= 15 is 0 Å². The van der Waals surface area contributed by atoms with Crippen LogP contribution in [0.25, 0.3) is 0 Å².